The van der Waals surface area contributed by atoms with Crippen LogP contribution in [-0.4, -0.2) is 13.4 Å². The first-order chi connectivity index (χ1) is 16.5. The van der Waals surface area contributed by atoms with Crippen LogP contribution in [0.3, 0.4) is 0 Å². The molecule has 0 radical (unpaired) electrons. The predicted molar refractivity (Wildman–Crippen MR) is 152 cm³/mol. The summed E-state index contributed by atoms with van der Waals surface area (Å²) >= 11 is 0. The Bertz CT molecular complexity index is 992. The van der Waals surface area contributed by atoms with E-state index in [-0.39, 0.29) is 0 Å². The maximum atomic E-state index is 6.21. The topological polar surface area (TPSA) is 64.4 Å². The van der Waals surface area contributed by atoms with Crippen LogP contribution in [0.1, 0.15) is 59.4 Å². The molecule has 182 valence electrons. The van der Waals surface area contributed by atoms with E-state index >= 15 is 0 Å². The molecule has 0 saturated carbocycles. The quantitative estimate of drug-likeness (QED) is 0.353. The summed E-state index contributed by atoms with van der Waals surface area (Å²) in [6.07, 6.45) is 21.9. The Kier molecular flexibility index (Phi) is 13.8. The van der Waals surface area contributed by atoms with E-state index in [1.165, 1.54) is 46.2 Å². The molecule has 3 aliphatic rings. The van der Waals surface area contributed by atoms with E-state index in [1.54, 1.807) is 7.05 Å². The van der Waals surface area contributed by atoms with Crippen LogP contribution in [0.5, 0.6) is 0 Å². The van der Waals surface area contributed by atoms with E-state index in [9.17, 15) is 0 Å². The Labute approximate surface area is 207 Å². The van der Waals surface area contributed by atoms with Gasteiger partial charge < -0.3 is 11.5 Å². The summed E-state index contributed by atoms with van der Waals surface area (Å²) in [4.78, 5) is 3.39. The van der Waals surface area contributed by atoms with Crippen LogP contribution >= 0.6 is 0 Å². The fourth-order valence-electron chi connectivity index (χ4n) is 3.88. The number of nitrogens with zero attached hydrogens (tertiary/aromatic N) is 1. The van der Waals surface area contributed by atoms with E-state index in [0.717, 1.165) is 24.5 Å². The summed E-state index contributed by atoms with van der Waals surface area (Å²) < 4.78 is 0. The van der Waals surface area contributed by atoms with Crippen LogP contribution in [0, 0.1) is 5.92 Å². The highest BCUT2D eigenvalue weighted by molar-refractivity contribution is 5.88. The Morgan fingerprint density at radius 1 is 1.00 bits per heavy atom. The van der Waals surface area contributed by atoms with Gasteiger partial charge >= 0.3 is 0 Å². The highest BCUT2D eigenvalue weighted by Crippen LogP contribution is 2.40. The monoisotopic (exact) mass is 457 g/mol. The lowest BCUT2D eigenvalue weighted by atomic mass is 9.93. The van der Waals surface area contributed by atoms with E-state index in [1.807, 2.05) is 13.8 Å². The second kappa shape index (κ2) is 16.3. The lowest BCUT2D eigenvalue weighted by Gasteiger charge is -2.11. The molecule has 1 aromatic carbocycles. The highest BCUT2D eigenvalue weighted by Gasteiger charge is 2.22. The number of hydrogen-bond donors (Lipinski definition) is 2. The minimum absolute atomic E-state index is 0.764. The lowest BCUT2D eigenvalue weighted by molar-refractivity contribution is 0.729. The molecular formula is C31H43N3. The van der Waals surface area contributed by atoms with E-state index in [4.69, 9.17) is 11.5 Å². The third kappa shape index (κ3) is 9.27. The minimum Gasteiger partial charge on any atom is -0.402 e. The normalized spacial score (nSPS) is 18.7. The molecule has 0 fully saturated rings. The van der Waals surface area contributed by atoms with Crippen LogP contribution in [0.4, 0.5) is 0 Å². The summed E-state index contributed by atoms with van der Waals surface area (Å²) in [7, 11) is 1.62. The van der Waals surface area contributed by atoms with Gasteiger partial charge in [-0.2, -0.15) is 0 Å². The molecule has 0 aromatic heterocycles. The predicted octanol–water partition coefficient (Wildman–Crippen LogP) is 7.68. The van der Waals surface area contributed by atoms with Gasteiger partial charge in [0.1, 0.15) is 0 Å². The smallest absolute Gasteiger partial charge is 0.0794 e. The van der Waals surface area contributed by atoms with Gasteiger partial charge in [-0.3, -0.25) is 4.99 Å². The van der Waals surface area contributed by atoms with Crippen LogP contribution < -0.4 is 11.5 Å². The van der Waals surface area contributed by atoms with Crippen LogP contribution in [0.15, 0.2) is 112 Å². The van der Waals surface area contributed by atoms with Gasteiger partial charge in [-0.25, -0.2) is 0 Å². The van der Waals surface area contributed by atoms with Gasteiger partial charge in [0.25, 0.3) is 0 Å². The summed E-state index contributed by atoms with van der Waals surface area (Å²) in [5, 5.41) is 0. The fourth-order valence-corrected chi connectivity index (χ4v) is 3.88. The molecule has 0 heterocycles. The lowest BCUT2D eigenvalue weighted by Crippen LogP contribution is -1.96. The Hall–Kier alpha value is -3.33. The maximum Gasteiger partial charge on any atom is 0.0794 e. The van der Waals surface area contributed by atoms with E-state index in [0.29, 0.717) is 0 Å². The molecule has 0 saturated heterocycles. The second-order valence-corrected chi connectivity index (χ2v) is 8.16. The first-order valence-electron chi connectivity index (χ1n) is 12.2. The first-order valence-corrected chi connectivity index (χ1v) is 12.2. The zero-order chi connectivity index (χ0) is 25.3. The van der Waals surface area contributed by atoms with Crippen molar-refractivity contribution in [3.63, 3.8) is 0 Å². The van der Waals surface area contributed by atoms with E-state index in [2.05, 4.69) is 105 Å². The van der Waals surface area contributed by atoms with Crippen molar-refractivity contribution in [3.8, 4) is 0 Å². The molecule has 1 atom stereocenters. The molecule has 3 heteroatoms. The molecule has 0 amide bonds. The number of nitrogens with two attached hydrogens (primary N) is 2. The highest BCUT2D eigenvalue weighted by atomic mass is 14.7. The van der Waals surface area contributed by atoms with Crippen LogP contribution in [0.25, 0.3) is 5.57 Å². The molecule has 0 spiro atoms. The van der Waals surface area contributed by atoms with Gasteiger partial charge in [-0.1, -0.05) is 105 Å². The average molecular weight is 458 g/mol. The van der Waals surface area contributed by atoms with Crippen molar-refractivity contribution < 1.29 is 0 Å². The molecule has 1 aromatic rings. The third-order valence-corrected chi connectivity index (χ3v) is 5.52. The number of aliphatic imine (C=N–C) groups is 1. The Balaban J connectivity index is 0.000000342. The standard InChI is InChI=1S/C19H19N.C8H12.C2H6N2.C2H6/c1-14-18(20)13-17(15-9-5-2-3-6-10-15)19(14)16-11-7-4-8-12-16;1-7-4-3-5-8(2)6-7;1-4-2-3;1-2/h2-5,7-12H,6,13,20H2,1H3;3-4,6,8H,5H2,1-2H3;2H,1H3,(H2,3,4);1-2H3. The molecule has 1 unspecified atom stereocenters. The minimum atomic E-state index is 0.764. The summed E-state index contributed by atoms with van der Waals surface area (Å²) in [6, 6.07) is 10.5. The molecule has 34 heavy (non-hydrogen) atoms. The Morgan fingerprint density at radius 3 is 2.24 bits per heavy atom. The van der Waals surface area contributed by atoms with Gasteiger partial charge in [-0.15, -0.1) is 0 Å². The van der Waals surface area contributed by atoms with Gasteiger partial charge in [-0.05, 0) is 60.5 Å². The van der Waals surface area contributed by atoms with Crippen molar-refractivity contribution in [2.24, 2.45) is 22.4 Å². The third-order valence-electron chi connectivity index (χ3n) is 5.52. The average Bonchev–Trinajstić information content (AvgIpc) is 3.02. The van der Waals surface area contributed by atoms with Crippen LogP contribution in [0.2, 0.25) is 0 Å². The van der Waals surface area contributed by atoms with Gasteiger partial charge in [0.2, 0.25) is 0 Å². The summed E-state index contributed by atoms with van der Waals surface area (Å²) in [6.45, 7) is 10.5. The first kappa shape index (κ1) is 28.7. The molecular weight excluding hydrogens is 414 g/mol. The SMILES string of the molecule is CC.CC1=C(N)CC(C2=CCC=CC=C2)=C1c1ccccc1.CC1=CC(C)CC=C1.CN=CN. The van der Waals surface area contributed by atoms with Crippen molar-refractivity contribution in [3.05, 3.63) is 112 Å². The van der Waals surface area contributed by atoms with Gasteiger partial charge in [0.15, 0.2) is 0 Å². The molecule has 3 nitrogen and oxygen atoms in total. The molecule has 3 aliphatic carbocycles. The van der Waals surface area contributed by atoms with Crippen molar-refractivity contribution >= 4 is 11.9 Å². The van der Waals surface area contributed by atoms with E-state index < -0.39 is 0 Å². The molecule has 4 rings (SSSR count). The zero-order valence-corrected chi connectivity index (χ0v) is 21.9. The number of hydrogen-bond acceptors (Lipinski definition) is 2. The number of benzene rings is 1. The van der Waals surface area contributed by atoms with Crippen molar-refractivity contribution in [2.75, 3.05) is 7.05 Å². The Morgan fingerprint density at radius 2 is 1.68 bits per heavy atom. The fraction of sp³-hybridized carbons (Fsp3) is 0.323. The molecule has 0 aliphatic heterocycles. The van der Waals surface area contributed by atoms with Crippen molar-refractivity contribution in [2.45, 2.75) is 53.9 Å². The maximum absolute atomic E-state index is 6.21. The van der Waals surface area contributed by atoms with Gasteiger partial charge in [0, 0.05) is 19.2 Å². The molecule has 4 N–H and O–H groups in total. The summed E-state index contributed by atoms with van der Waals surface area (Å²) in [5.41, 5.74) is 19.8. The zero-order valence-electron chi connectivity index (χ0n) is 21.9. The van der Waals surface area contributed by atoms with Gasteiger partial charge in [0.05, 0.1) is 6.34 Å². The summed E-state index contributed by atoms with van der Waals surface area (Å²) in [5.74, 6) is 0.764. The number of rotatable bonds is 2. The van der Waals surface area contributed by atoms with Crippen LogP contribution in [-0.2, 0) is 0 Å². The van der Waals surface area contributed by atoms with Crippen molar-refractivity contribution in [1.29, 1.82) is 0 Å². The van der Waals surface area contributed by atoms with Crippen molar-refractivity contribution in [1.82, 2.24) is 0 Å². The largest absolute Gasteiger partial charge is 0.402 e. The molecule has 0 bridgehead atoms. The second-order valence-electron chi connectivity index (χ2n) is 8.16. The number of allylic oxidation sites excluding steroid dienone is 13.